The maximum Gasteiger partial charge on any atom is 0.238 e. The van der Waals surface area contributed by atoms with E-state index < -0.39 is 0 Å². The molecule has 1 aromatic carbocycles. The monoisotopic (exact) mass is 303 g/mol. The fourth-order valence-corrected chi connectivity index (χ4v) is 2.06. The topological polar surface area (TPSA) is 54.0 Å². The van der Waals surface area contributed by atoms with Gasteiger partial charge in [-0.25, -0.2) is 0 Å². The Labute approximate surface area is 129 Å². The molecule has 0 aliphatic heterocycles. The number of benzene rings is 1. The van der Waals surface area contributed by atoms with E-state index >= 15 is 0 Å². The predicted molar refractivity (Wildman–Crippen MR) is 85.6 cm³/mol. The van der Waals surface area contributed by atoms with Crippen molar-refractivity contribution in [1.82, 2.24) is 10.3 Å². The van der Waals surface area contributed by atoms with Gasteiger partial charge in [0.2, 0.25) is 5.91 Å². The Hall–Kier alpha value is -1.91. The average Bonchev–Trinajstić information content (AvgIpc) is 2.48. The van der Waals surface area contributed by atoms with Crippen molar-refractivity contribution < 1.29 is 4.79 Å². The second kappa shape index (κ2) is 7.76. The summed E-state index contributed by atoms with van der Waals surface area (Å²) in [5, 5.41) is 6.56. The Morgan fingerprint density at radius 2 is 2.14 bits per heavy atom. The fraction of sp³-hybridized carbons (Fsp3) is 0.250. The number of carbonyl (C=O) groups excluding carboxylic acids is 1. The van der Waals surface area contributed by atoms with Gasteiger partial charge in [-0.2, -0.15) is 0 Å². The summed E-state index contributed by atoms with van der Waals surface area (Å²) < 4.78 is 0. The molecule has 0 spiro atoms. The van der Waals surface area contributed by atoms with Crippen molar-refractivity contribution in [3.05, 3.63) is 58.9 Å². The van der Waals surface area contributed by atoms with Gasteiger partial charge in [0.1, 0.15) is 0 Å². The summed E-state index contributed by atoms with van der Waals surface area (Å²) in [5.74, 6) is -0.0820. The predicted octanol–water partition coefficient (Wildman–Crippen LogP) is 2.81. The third-order valence-corrected chi connectivity index (χ3v) is 3.28. The molecule has 0 radical (unpaired) electrons. The smallest absolute Gasteiger partial charge is 0.238 e. The minimum absolute atomic E-state index is 0.0820. The Balaban J connectivity index is 1.74. The molecule has 0 saturated heterocycles. The van der Waals surface area contributed by atoms with Crippen molar-refractivity contribution in [3.63, 3.8) is 0 Å². The largest absolute Gasteiger partial charge is 0.325 e. The van der Waals surface area contributed by atoms with Crippen molar-refractivity contribution in [2.24, 2.45) is 0 Å². The van der Waals surface area contributed by atoms with Crippen LogP contribution in [0.15, 0.2) is 42.6 Å². The lowest BCUT2D eigenvalue weighted by molar-refractivity contribution is -0.115. The summed E-state index contributed by atoms with van der Waals surface area (Å²) in [4.78, 5) is 16.1. The number of halogens is 1. The van der Waals surface area contributed by atoms with E-state index in [-0.39, 0.29) is 12.5 Å². The van der Waals surface area contributed by atoms with Crippen molar-refractivity contribution in [2.75, 3.05) is 18.4 Å². The van der Waals surface area contributed by atoms with Crippen LogP contribution in [0.2, 0.25) is 5.02 Å². The molecule has 0 aliphatic carbocycles. The van der Waals surface area contributed by atoms with Gasteiger partial charge < -0.3 is 10.6 Å². The van der Waals surface area contributed by atoms with E-state index in [0.717, 1.165) is 23.4 Å². The standard InChI is InChI=1S/C16H18ClN3O/c1-12-5-6-13(17)10-15(12)20-16(21)11-18-9-7-14-4-2-3-8-19-14/h2-6,8,10,18H,7,9,11H2,1H3,(H,20,21). The highest BCUT2D eigenvalue weighted by Crippen LogP contribution is 2.19. The van der Waals surface area contributed by atoms with Gasteiger partial charge in [-0.05, 0) is 36.8 Å². The van der Waals surface area contributed by atoms with Crippen LogP contribution < -0.4 is 10.6 Å². The van der Waals surface area contributed by atoms with E-state index in [1.165, 1.54) is 0 Å². The number of amides is 1. The van der Waals surface area contributed by atoms with Gasteiger partial charge in [0.25, 0.3) is 0 Å². The van der Waals surface area contributed by atoms with Gasteiger partial charge in [0, 0.05) is 35.6 Å². The molecule has 0 atom stereocenters. The van der Waals surface area contributed by atoms with Crippen LogP contribution in [-0.4, -0.2) is 24.0 Å². The van der Waals surface area contributed by atoms with Gasteiger partial charge in [0.15, 0.2) is 0 Å². The Morgan fingerprint density at radius 3 is 2.90 bits per heavy atom. The number of hydrogen-bond donors (Lipinski definition) is 2. The average molecular weight is 304 g/mol. The molecule has 0 fully saturated rings. The molecule has 1 aromatic heterocycles. The molecule has 5 heteroatoms. The van der Waals surface area contributed by atoms with Crippen molar-refractivity contribution in [1.29, 1.82) is 0 Å². The van der Waals surface area contributed by atoms with Gasteiger partial charge in [-0.1, -0.05) is 23.7 Å². The quantitative estimate of drug-likeness (QED) is 0.807. The summed E-state index contributed by atoms with van der Waals surface area (Å²) in [7, 11) is 0. The first-order chi connectivity index (χ1) is 10.1. The highest BCUT2D eigenvalue weighted by Gasteiger charge is 2.05. The second-order valence-electron chi connectivity index (χ2n) is 4.76. The van der Waals surface area contributed by atoms with Gasteiger partial charge in [-0.15, -0.1) is 0 Å². The van der Waals surface area contributed by atoms with Gasteiger partial charge >= 0.3 is 0 Å². The molecule has 21 heavy (non-hydrogen) atoms. The van der Waals surface area contributed by atoms with Crippen LogP contribution in [0, 0.1) is 6.92 Å². The molecule has 0 unspecified atom stereocenters. The Bertz CT molecular complexity index is 602. The highest BCUT2D eigenvalue weighted by atomic mass is 35.5. The second-order valence-corrected chi connectivity index (χ2v) is 5.19. The number of rotatable bonds is 6. The normalized spacial score (nSPS) is 10.4. The third-order valence-electron chi connectivity index (χ3n) is 3.04. The molecular weight excluding hydrogens is 286 g/mol. The Kier molecular flexibility index (Phi) is 5.72. The van der Waals surface area contributed by atoms with Crippen LogP contribution in [-0.2, 0) is 11.2 Å². The summed E-state index contributed by atoms with van der Waals surface area (Å²) in [5.41, 5.74) is 2.75. The van der Waals surface area contributed by atoms with E-state index in [9.17, 15) is 4.79 Å². The fourth-order valence-electron chi connectivity index (χ4n) is 1.89. The summed E-state index contributed by atoms with van der Waals surface area (Å²) in [6.07, 6.45) is 2.56. The molecule has 2 N–H and O–H groups in total. The zero-order chi connectivity index (χ0) is 15.1. The molecular formula is C16H18ClN3O. The SMILES string of the molecule is Cc1ccc(Cl)cc1NC(=O)CNCCc1ccccn1. The van der Waals surface area contributed by atoms with E-state index in [4.69, 9.17) is 11.6 Å². The molecule has 0 saturated carbocycles. The van der Waals surface area contributed by atoms with Crippen LogP contribution in [0.4, 0.5) is 5.69 Å². The number of aromatic nitrogens is 1. The molecule has 4 nitrogen and oxygen atoms in total. The highest BCUT2D eigenvalue weighted by molar-refractivity contribution is 6.31. The zero-order valence-corrected chi connectivity index (χ0v) is 12.7. The zero-order valence-electron chi connectivity index (χ0n) is 11.9. The van der Waals surface area contributed by atoms with Crippen LogP contribution in [0.25, 0.3) is 0 Å². The Morgan fingerprint density at radius 1 is 1.29 bits per heavy atom. The molecule has 110 valence electrons. The van der Waals surface area contributed by atoms with Crippen LogP contribution >= 0.6 is 11.6 Å². The summed E-state index contributed by atoms with van der Waals surface area (Å²) >= 11 is 5.92. The van der Waals surface area contributed by atoms with Crippen molar-refractivity contribution in [2.45, 2.75) is 13.3 Å². The molecule has 2 aromatic rings. The van der Waals surface area contributed by atoms with Crippen LogP contribution in [0.1, 0.15) is 11.3 Å². The first-order valence-electron chi connectivity index (χ1n) is 6.82. The lowest BCUT2D eigenvalue weighted by Crippen LogP contribution is -2.29. The minimum Gasteiger partial charge on any atom is -0.325 e. The number of aryl methyl sites for hydroxylation is 1. The minimum atomic E-state index is -0.0820. The van der Waals surface area contributed by atoms with E-state index in [1.54, 1.807) is 18.3 Å². The molecule has 0 bridgehead atoms. The van der Waals surface area contributed by atoms with Gasteiger partial charge in [-0.3, -0.25) is 9.78 Å². The van der Waals surface area contributed by atoms with Crippen molar-refractivity contribution in [3.8, 4) is 0 Å². The lowest BCUT2D eigenvalue weighted by atomic mass is 10.2. The number of hydrogen-bond acceptors (Lipinski definition) is 3. The van der Waals surface area contributed by atoms with Crippen LogP contribution in [0.5, 0.6) is 0 Å². The van der Waals surface area contributed by atoms with E-state index in [2.05, 4.69) is 15.6 Å². The molecule has 1 amide bonds. The maximum atomic E-state index is 11.9. The van der Waals surface area contributed by atoms with E-state index in [0.29, 0.717) is 11.6 Å². The number of nitrogens with zero attached hydrogens (tertiary/aromatic N) is 1. The first kappa shape index (κ1) is 15.5. The van der Waals surface area contributed by atoms with Gasteiger partial charge in [0.05, 0.1) is 6.54 Å². The lowest BCUT2D eigenvalue weighted by Gasteiger charge is -2.09. The summed E-state index contributed by atoms with van der Waals surface area (Å²) in [6, 6.07) is 11.2. The maximum absolute atomic E-state index is 11.9. The number of pyridine rings is 1. The third kappa shape index (κ3) is 5.17. The number of nitrogens with one attached hydrogen (secondary N) is 2. The molecule has 2 rings (SSSR count). The van der Waals surface area contributed by atoms with Crippen LogP contribution in [0.3, 0.4) is 0 Å². The number of carbonyl (C=O) groups is 1. The van der Waals surface area contributed by atoms with E-state index in [1.807, 2.05) is 31.2 Å². The first-order valence-corrected chi connectivity index (χ1v) is 7.19. The van der Waals surface area contributed by atoms with Crippen molar-refractivity contribution >= 4 is 23.2 Å². The molecule has 1 heterocycles. The number of anilines is 1. The summed E-state index contributed by atoms with van der Waals surface area (Å²) in [6.45, 7) is 2.90. The molecule has 0 aliphatic rings.